The molecule has 0 bridgehead atoms. The Morgan fingerprint density at radius 1 is 1.44 bits per heavy atom. The summed E-state index contributed by atoms with van der Waals surface area (Å²) in [5.74, 6) is 0.237. The molecule has 0 radical (unpaired) electrons. The van der Waals surface area contributed by atoms with Gasteiger partial charge in [-0.3, -0.25) is 9.69 Å². The van der Waals surface area contributed by atoms with Crippen molar-refractivity contribution < 1.29 is 14.6 Å². The highest BCUT2D eigenvalue weighted by Crippen LogP contribution is 2.30. The Bertz CT molecular complexity index is 468. The number of aliphatic carboxylic acids is 1. The van der Waals surface area contributed by atoms with E-state index in [9.17, 15) is 4.79 Å². The normalized spacial score (nSPS) is 17.6. The first kappa shape index (κ1) is 11.5. The van der Waals surface area contributed by atoms with Crippen LogP contribution in [0.4, 0.5) is 0 Å². The van der Waals surface area contributed by atoms with Crippen molar-refractivity contribution in [1.29, 1.82) is 0 Å². The molecule has 1 N–H and O–H groups in total. The molecule has 0 amide bonds. The van der Waals surface area contributed by atoms with E-state index in [4.69, 9.17) is 9.84 Å². The topological polar surface area (TPSA) is 49.8 Å². The monoisotopic (exact) mass is 247 g/mol. The summed E-state index contributed by atoms with van der Waals surface area (Å²) in [6.07, 6.45) is 3.22. The van der Waals surface area contributed by atoms with Crippen LogP contribution in [0.1, 0.15) is 24.0 Å². The summed E-state index contributed by atoms with van der Waals surface area (Å²) in [6.45, 7) is 1.63. The molecule has 0 spiro atoms. The lowest BCUT2D eigenvalue weighted by atomic mass is 10.1. The van der Waals surface area contributed by atoms with E-state index in [0.29, 0.717) is 6.04 Å². The standard InChI is InChI=1S/C14H17NO3/c16-14(17)9-15(12-2-3-12)8-10-1-4-13-11(7-10)5-6-18-13/h1,4,7,12H,2-3,5-6,8-9H2,(H,16,17). The second kappa shape index (κ2) is 4.61. The van der Waals surface area contributed by atoms with E-state index in [0.717, 1.165) is 38.2 Å². The second-order valence-electron chi connectivity index (χ2n) is 5.07. The van der Waals surface area contributed by atoms with Crippen molar-refractivity contribution in [2.45, 2.75) is 31.8 Å². The molecular formula is C14H17NO3. The molecule has 2 aliphatic rings. The number of nitrogens with zero attached hydrogens (tertiary/aromatic N) is 1. The van der Waals surface area contributed by atoms with Gasteiger partial charge >= 0.3 is 5.97 Å². The van der Waals surface area contributed by atoms with Crippen LogP contribution in [-0.4, -0.2) is 35.2 Å². The molecule has 4 heteroatoms. The van der Waals surface area contributed by atoms with Crippen molar-refractivity contribution in [2.24, 2.45) is 0 Å². The summed E-state index contributed by atoms with van der Waals surface area (Å²) in [5, 5.41) is 8.93. The maximum atomic E-state index is 10.9. The van der Waals surface area contributed by atoms with Gasteiger partial charge in [0.05, 0.1) is 13.2 Å². The first-order valence-corrected chi connectivity index (χ1v) is 6.43. The quantitative estimate of drug-likeness (QED) is 0.860. The Hall–Kier alpha value is -1.55. The Labute approximate surface area is 106 Å². The second-order valence-corrected chi connectivity index (χ2v) is 5.07. The average Bonchev–Trinajstić information content (AvgIpc) is 3.07. The van der Waals surface area contributed by atoms with E-state index in [1.54, 1.807) is 0 Å². The predicted molar refractivity (Wildman–Crippen MR) is 66.7 cm³/mol. The summed E-state index contributed by atoms with van der Waals surface area (Å²) in [6, 6.07) is 6.66. The zero-order valence-corrected chi connectivity index (χ0v) is 10.3. The Balaban J connectivity index is 1.72. The van der Waals surface area contributed by atoms with Crippen LogP contribution in [0.3, 0.4) is 0 Å². The number of carbonyl (C=O) groups is 1. The smallest absolute Gasteiger partial charge is 0.317 e. The molecule has 1 heterocycles. The van der Waals surface area contributed by atoms with Crippen molar-refractivity contribution in [1.82, 2.24) is 4.90 Å². The maximum absolute atomic E-state index is 10.9. The van der Waals surface area contributed by atoms with Gasteiger partial charge in [0.15, 0.2) is 0 Å². The van der Waals surface area contributed by atoms with Gasteiger partial charge in [-0.25, -0.2) is 0 Å². The number of carboxylic acid groups (broad SMARTS) is 1. The van der Waals surface area contributed by atoms with Gasteiger partial charge in [-0.1, -0.05) is 12.1 Å². The van der Waals surface area contributed by atoms with E-state index in [2.05, 4.69) is 11.0 Å². The first-order chi connectivity index (χ1) is 8.72. The molecular weight excluding hydrogens is 230 g/mol. The molecule has 0 unspecified atom stereocenters. The van der Waals surface area contributed by atoms with E-state index >= 15 is 0 Å². The van der Waals surface area contributed by atoms with Crippen LogP contribution in [0.15, 0.2) is 18.2 Å². The van der Waals surface area contributed by atoms with Crippen LogP contribution >= 0.6 is 0 Å². The average molecular weight is 247 g/mol. The van der Waals surface area contributed by atoms with Crippen LogP contribution in [0.5, 0.6) is 5.75 Å². The fraction of sp³-hybridized carbons (Fsp3) is 0.500. The van der Waals surface area contributed by atoms with Crippen LogP contribution in [-0.2, 0) is 17.8 Å². The summed E-state index contributed by atoms with van der Waals surface area (Å²) in [5.41, 5.74) is 2.44. The zero-order valence-electron chi connectivity index (χ0n) is 10.3. The third kappa shape index (κ3) is 2.48. The molecule has 1 aromatic carbocycles. The van der Waals surface area contributed by atoms with Crippen LogP contribution in [0, 0.1) is 0 Å². The van der Waals surface area contributed by atoms with Crippen molar-refractivity contribution >= 4 is 5.97 Å². The first-order valence-electron chi connectivity index (χ1n) is 6.43. The summed E-state index contributed by atoms with van der Waals surface area (Å²) < 4.78 is 5.48. The minimum Gasteiger partial charge on any atom is -0.493 e. The van der Waals surface area contributed by atoms with Crippen molar-refractivity contribution in [3.8, 4) is 5.75 Å². The number of rotatable bonds is 5. The fourth-order valence-electron chi connectivity index (χ4n) is 2.50. The molecule has 0 atom stereocenters. The predicted octanol–water partition coefficient (Wildman–Crippen LogP) is 1.67. The number of benzene rings is 1. The highest BCUT2D eigenvalue weighted by Gasteiger charge is 2.30. The van der Waals surface area contributed by atoms with Crippen molar-refractivity contribution in [3.05, 3.63) is 29.3 Å². The van der Waals surface area contributed by atoms with Gasteiger partial charge in [0.25, 0.3) is 0 Å². The highest BCUT2D eigenvalue weighted by atomic mass is 16.5. The summed E-state index contributed by atoms with van der Waals surface area (Å²) in [7, 11) is 0. The van der Waals surface area contributed by atoms with Gasteiger partial charge in [0.2, 0.25) is 0 Å². The van der Waals surface area contributed by atoms with E-state index in [1.807, 2.05) is 12.1 Å². The van der Waals surface area contributed by atoms with Gasteiger partial charge in [-0.15, -0.1) is 0 Å². The third-order valence-corrected chi connectivity index (χ3v) is 3.54. The number of ether oxygens (including phenoxy) is 1. The molecule has 0 aromatic heterocycles. The zero-order chi connectivity index (χ0) is 12.5. The van der Waals surface area contributed by atoms with Gasteiger partial charge in [-0.05, 0) is 30.0 Å². The van der Waals surface area contributed by atoms with Gasteiger partial charge in [0.1, 0.15) is 5.75 Å². The van der Waals surface area contributed by atoms with E-state index < -0.39 is 5.97 Å². The molecule has 96 valence electrons. The largest absolute Gasteiger partial charge is 0.493 e. The Kier molecular flexibility index (Phi) is 2.96. The molecule has 0 saturated heterocycles. The lowest BCUT2D eigenvalue weighted by molar-refractivity contribution is -0.138. The summed E-state index contributed by atoms with van der Waals surface area (Å²) in [4.78, 5) is 12.9. The maximum Gasteiger partial charge on any atom is 0.317 e. The van der Waals surface area contributed by atoms with E-state index in [-0.39, 0.29) is 6.54 Å². The Morgan fingerprint density at radius 3 is 3.00 bits per heavy atom. The minimum atomic E-state index is -0.744. The van der Waals surface area contributed by atoms with E-state index in [1.165, 1.54) is 11.1 Å². The molecule has 4 nitrogen and oxygen atoms in total. The Morgan fingerprint density at radius 2 is 2.28 bits per heavy atom. The molecule has 18 heavy (non-hydrogen) atoms. The molecule has 3 rings (SSSR count). The molecule has 1 aliphatic heterocycles. The van der Waals surface area contributed by atoms with Gasteiger partial charge in [0, 0.05) is 19.0 Å². The SMILES string of the molecule is O=C(O)CN(Cc1ccc2c(c1)CCO2)C1CC1. The van der Waals surface area contributed by atoms with Crippen LogP contribution < -0.4 is 4.74 Å². The highest BCUT2D eigenvalue weighted by molar-refractivity contribution is 5.69. The number of hydrogen-bond donors (Lipinski definition) is 1. The minimum absolute atomic E-state index is 0.137. The van der Waals surface area contributed by atoms with Gasteiger partial charge < -0.3 is 9.84 Å². The van der Waals surface area contributed by atoms with Gasteiger partial charge in [-0.2, -0.15) is 0 Å². The third-order valence-electron chi connectivity index (χ3n) is 3.54. The lowest BCUT2D eigenvalue weighted by Gasteiger charge is -2.19. The molecule has 1 aromatic rings. The molecule has 1 aliphatic carbocycles. The van der Waals surface area contributed by atoms with Crippen molar-refractivity contribution in [3.63, 3.8) is 0 Å². The number of fused-ring (bicyclic) bond motifs is 1. The van der Waals surface area contributed by atoms with Crippen LogP contribution in [0.2, 0.25) is 0 Å². The van der Waals surface area contributed by atoms with Crippen molar-refractivity contribution in [2.75, 3.05) is 13.2 Å². The number of carboxylic acids is 1. The number of hydrogen-bond acceptors (Lipinski definition) is 3. The summed E-state index contributed by atoms with van der Waals surface area (Å²) >= 11 is 0. The van der Waals surface area contributed by atoms with Crippen LogP contribution in [0.25, 0.3) is 0 Å². The fourth-order valence-corrected chi connectivity index (χ4v) is 2.50. The molecule has 1 saturated carbocycles. The lowest BCUT2D eigenvalue weighted by Crippen LogP contribution is -2.31. The molecule has 1 fully saturated rings.